The largest absolute Gasteiger partial charge is 0.291 e. The summed E-state index contributed by atoms with van der Waals surface area (Å²) < 4.78 is 1.92. The lowest BCUT2D eigenvalue weighted by atomic mass is 10.2. The van der Waals surface area contributed by atoms with Crippen molar-refractivity contribution in [2.24, 2.45) is 0 Å². The second kappa shape index (κ2) is 5.57. The molecule has 4 rings (SSSR count). The van der Waals surface area contributed by atoms with Gasteiger partial charge in [-0.25, -0.2) is 0 Å². The first kappa shape index (κ1) is 14.0. The Morgan fingerprint density at radius 3 is 2.52 bits per heavy atom. The fraction of sp³-hybridized carbons (Fsp3) is 0. The number of halogens is 1. The highest BCUT2D eigenvalue weighted by Crippen LogP contribution is 2.15. The second-order valence-corrected chi connectivity index (χ2v) is 6.28. The average molecular weight is 341 g/mol. The van der Waals surface area contributed by atoms with Gasteiger partial charge < -0.3 is 0 Å². The van der Waals surface area contributed by atoms with Crippen LogP contribution in [0.2, 0.25) is 5.02 Å². The number of nitrogens with zero attached hydrogens (tertiary/aromatic N) is 4. The topological polar surface area (TPSA) is 60.2 Å². The van der Waals surface area contributed by atoms with Crippen molar-refractivity contribution in [3.8, 4) is 11.4 Å². The van der Waals surface area contributed by atoms with Gasteiger partial charge in [0.1, 0.15) is 0 Å². The van der Waals surface area contributed by atoms with Gasteiger partial charge in [0.2, 0.25) is 4.96 Å². The molecular formula is C16H9ClN4OS. The summed E-state index contributed by atoms with van der Waals surface area (Å²) in [5.41, 5.74) is 1.57. The minimum atomic E-state index is -0.173. The van der Waals surface area contributed by atoms with Crippen molar-refractivity contribution in [1.82, 2.24) is 19.6 Å². The normalized spacial score (nSPS) is 12.1. The molecule has 3 aromatic heterocycles. The molecule has 0 aliphatic rings. The van der Waals surface area contributed by atoms with E-state index in [9.17, 15) is 4.79 Å². The molecule has 4 aromatic rings. The molecule has 5 nitrogen and oxygen atoms in total. The zero-order valence-electron chi connectivity index (χ0n) is 11.7. The van der Waals surface area contributed by atoms with Crippen LogP contribution in [-0.2, 0) is 0 Å². The van der Waals surface area contributed by atoms with Crippen LogP contribution in [0.5, 0.6) is 0 Å². The Bertz CT molecular complexity index is 1090. The standard InChI is InChI=1S/C16H9ClN4OS/c17-12-3-1-10(2-4-12)9-13-15(22)21-16(23-13)19-14(20-21)11-5-7-18-8-6-11/h1-9H/b13-9-. The van der Waals surface area contributed by atoms with Gasteiger partial charge in [-0.15, -0.1) is 5.10 Å². The molecule has 7 heteroatoms. The lowest BCUT2D eigenvalue weighted by Crippen LogP contribution is -2.23. The van der Waals surface area contributed by atoms with E-state index in [0.29, 0.717) is 20.3 Å². The van der Waals surface area contributed by atoms with Crippen LogP contribution in [0.4, 0.5) is 0 Å². The number of hydrogen-bond donors (Lipinski definition) is 0. The van der Waals surface area contributed by atoms with Gasteiger partial charge in [0.15, 0.2) is 5.82 Å². The summed E-state index contributed by atoms with van der Waals surface area (Å²) in [4.78, 5) is 21.4. The van der Waals surface area contributed by atoms with Crippen LogP contribution in [-0.4, -0.2) is 19.6 Å². The highest BCUT2D eigenvalue weighted by molar-refractivity contribution is 7.15. The zero-order chi connectivity index (χ0) is 15.8. The molecule has 1 aromatic carbocycles. The molecule has 0 spiro atoms. The first-order chi connectivity index (χ1) is 11.2. The third-order valence-corrected chi connectivity index (χ3v) is 4.50. The first-order valence-corrected chi connectivity index (χ1v) is 7.97. The lowest BCUT2D eigenvalue weighted by molar-refractivity contribution is 0.936. The monoisotopic (exact) mass is 340 g/mol. The van der Waals surface area contributed by atoms with Crippen LogP contribution in [0.3, 0.4) is 0 Å². The van der Waals surface area contributed by atoms with Gasteiger partial charge in [-0.1, -0.05) is 35.1 Å². The molecule has 0 aliphatic carbocycles. The zero-order valence-corrected chi connectivity index (χ0v) is 13.3. The smallest absolute Gasteiger partial charge is 0.266 e. The molecule has 0 radical (unpaired) electrons. The third kappa shape index (κ3) is 2.62. The Labute approximate surface area is 139 Å². The summed E-state index contributed by atoms with van der Waals surface area (Å²) in [5, 5.41) is 4.95. The Morgan fingerprint density at radius 2 is 1.83 bits per heavy atom. The summed E-state index contributed by atoms with van der Waals surface area (Å²) in [5.74, 6) is 0.522. The summed E-state index contributed by atoms with van der Waals surface area (Å²) in [6.07, 6.45) is 5.15. The number of thiazole rings is 1. The van der Waals surface area contributed by atoms with Crippen LogP contribution in [0, 0.1) is 0 Å². The minimum absolute atomic E-state index is 0.173. The number of fused-ring (bicyclic) bond motifs is 1. The molecule has 3 heterocycles. The van der Waals surface area contributed by atoms with E-state index in [2.05, 4.69) is 15.1 Å². The lowest BCUT2D eigenvalue weighted by Gasteiger charge is -1.92. The molecule has 112 valence electrons. The fourth-order valence-corrected chi connectivity index (χ4v) is 3.20. The van der Waals surface area contributed by atoms with Gasteiger partial charge in [-0.2, -0.15) is 9.50 Å². The van der Waals surface area contributed by atoms with E-state index in [-0.39, 0.29) is 5.56 Å². The number of hydrogen-bond acceptors (Lipinski definition) is 5. The van der Waals surface area contributed by atoms with Crippen LogP contribution in [0.15, 0.2) is 53.6 Å². The van der Waals surface area contributed by atoms with Gasteiger partial charge in [-0.05, 0) is 35.9 Å². The van der Waals surface area contributed by atoms with Gasteiger partial charge in [0.05, 0.1) is 4.53 Å². The van der Waals surface area contributed by atoms with Crippen molar-refractivity contribution in [2.45, 2.75) is 0 Å². The average Bonchev–Trinajstić information content (AvgIpc) is 3.11. The quantitative estimate of drug-likeness (QED) is 0.562. The van der Waals surface area contributed by atoms with Gasteiger partial charge >= 0.3 is 0 Å². The van der Waals surface area contributed by atoms with Crippen molar-refractivity contribution in [1.29, 1.82) is 0 Å². The fourth-order valence-electron chi connectivity index (χ4n) is 2.17. The van der Waals surface area contributed by atoms with Crippen LogP contribution >= 0.6 is 22.9 Å². The Morgan fingerprint density at radius 1 is 1.09 bits per heavy atom. The van der Waals surface area contributed by atoms with E-state index < -0.39 is 0 Å². The summed E-state index contributed by atoms with van der Waals surface area (Å²) in [7, 11) is 0. The van der Waals surface area contributed by atoms with Crippen LogP contribution in [0.1, 0.15) is 5.56 Å². The maximum Gasteiger partial charge on any atom is 0.291 e. The molecule has 0 N–H and O–H groups in total. The Hall–Kier alpha value is -2.57. The Kier molecular flexibility index (Phi) is 3.40. The SMILES string of the molecule is O=c1/c(=C/c2ccc(Cl)cc2)sc2nc(-c3ccncc3)nn12. The minimum Gasteiger partial charge on any atom is -0.266 e. The summed E-state index contributed by atoms with van der Waals surface area (Å²) >= 11 is 7.18. The van der Waals surface area contributed by atoms with Crippen molar-refractivity contribution < 1.29 is 0 Å². The molecular weight excluding hydrogens is 332 g/mol. The van der Waals surface area contributed by atoms with E-state index in [1.54, 1.807) is 24.5 Å². The molecule has 0 unspecified atom stereocenters. The van der Waals surface area contributed by atoms with Gasteiger partial charge in [0.25, 0.3) is 5.56 Å². The predicted molar refractivity (Wildman–Crippen MR) is 90.6 cm³/mol. The Balaban J connectivity index is 1.82. The number of benzene rings is 1. The summed E-state index contributed by atoms with van der Waals surface area (Å²) in [6, 6.07) is 10.9. The number of rotatable bonds is 2. The predicted octanol–water partition coefficient (Wildman–Crippen LogP) is 2.41. The van der Waals surface area contributed by atoms with Crippen LogP contribution < -0.4 is 10.1 Å². The first-order valence-electron chi connectivity index (χ1n) is 6.78. The molecule has 0 bridgehead atoms. The van der Waals surface area contributed by atoms with E-state index >= 15 is 0 Å². The molecule has 0 aliphatic heterocycles. The maximum absolute atomic E-state index is 12.4. The van der Waals surface area contributed by atoms with Crippen molar-refractivity contribution in [2.75, 3.05) is 0 Å². The highest BCUT2D eigenvalue weighted by Gasteiger charge is 2.11. The number of pyridine rings is 1. The van der Waals surface area contributed by atoms with E-state index in [4.69, 9.17) is 11.6 Å². The maximum atomic E-state index is 12.4. The van der Waals surface area contributed by atoms with Crippen molar-refractivity contribution in [3.05, 3.63) is 74.3 Å². The highest BCUT2D eigenvalue weighted by atomic mass is 35.5. The van der Waals surface area contributed by atoms with Gasteiger partial charge in [-0.3, -0.25) is 9.78 Å². The van der Waals surface area contributed by atoms with E-state index in [1.165, 1.54) is 15.9 Å². The molecule has 23 heavy (non-hydrogen) atoms. The van der Waals surface area contributed by atoms with E-state index in [0.717, 1.165) is 11.1 Å². The van der Waals surface area contributed by atoms with Crippen LogP contribution in [0.25, 0.3) is 22.4 Å². The molecule has 0 fully saturated rings. The molecule has 0 saturated heterocycles. The van der Waals surface area contributed by atoms with Gasteiger partial charge in [0, 0.05) is 23.0 Å². The number of aromatic nitrogens is 4. The molecule has 0 amide bonds. The van der Waals surface area contributed by atoms with Crippen molar-refractivity contribution in [3.63, 3.8) is 0 Å². The molecule has 0 atom stereocenters. The summed E-state index contributed by atoms with van der Waals surface area (Å²) in [6.45, 7) is 0. The van der Waals surface area contributed by atoms with Crippen molar-refractivity contribution >= 4 is 34.0 Å². The second-order valence-electron chi connectivity index (χ2n) is 4.83. The third-order valence-electron chi connectivity index (χ3n) is 3.29. The molecule has 0 saturated carbocycles. The van der Waals surface area contributed by atoms with E-state index in [1.807, 2.05) is 30.3 Å².